The molecule has 0 spiro atoms. The van der Waals surface area contributed by atoms with Crippen LogP contribution in [-0.4, -0.2) is 10.7 Å². The molecular weight excluding hydrogens is 132 g/mol. The van der Waals surface area contributed by atoms with Gasteiger partial charge < -0.3 is 5.41 Å². The number of rotatable bonds is 0. The predicted octanol–water partition coefficient (Wildman–Crippen LogP) is 1.26. The Balaban J connectivity index is 2.49. The Kier molecular flexibility index (Phi) is 0.931. The Morgan fingerprint density at radius 3 is 3.22 bits per heavy atom. The third kappa shape index (κ3) is 0.685. The van der Waals surface area contributed by atoms with Crippen molar-refractivity contribution < 1.29 is 0 Å². The average Bonchev–Trinajstić information content (AvgIpc) is 2.22. The van der Waals surface area contributed by atoms with Crippen LogP contribution in [0.25, 0.3) is 0 Å². The number of nitrogens with zero attached hydrogens (tertiary/aromatic N) is 1. The SMILES string of the molecule is N=C1Cc2ncsc2C1. The summed E-state index contributed by atoms with van der Waals surface area (Å²) in [5, 5.41) is 7.32. The Morgan fingerprint density at radius 1 is 1.56 bits per heavy atom. The smallest absolute Gasteiger partial charge is 0.0797 e. The van der Waals surface area contributed by atoms with Crippen LogP contribution in [0.15, 0.2) is 5.51 Å². The van der Waals surface area contributed by atoms with Gasteiger partial charge in [0.05, 0.1) is 11.2 Å². The second kappa shape index (κ2) is 1.64. The normalized spacial score (nSPS) is 16.2. The van der Waals surface area contributed by atoms with Crippen molar-refractivity contribution in [3.63, 3.8) is 0 Å². The van der Waals surface area contributed by atoms with Gasteiger partial charge in [0.25, 0.3) is 0 Å². The molecule has 0 fully saturated rings. The first kappa shape index (κ1) is 5.11. The van der Waals surface area contributed by atoms with Crippen LogP contribution in [0.3, 0.4) is 0 Å². The van der Waals surface area contributed by atoms with Crippen molar-refractivity contribution in [2.45, 2.75) is 12.8 Å². The molecule has 1 heterocycles. The van der Waals surface area contributed by atoms with Gasteiger partial charge in [0.2, 0.25) is 0 Å². The van der Waals surface area contributed by atoms with E-state index in [9.17, 15) is 0 Å². The molecule has 1 N–H and O–H groups in total. The summed E-state index contributed by atoms with van der Waals surface area (Å²) in [5.74, 6) is 0. The molecule has 0 unspecified atom stereocenters. The van der Waals surface area contributed by atoms with Crippen molar-refractivity contribution in [2.75, 3.05) is 0 Å². The molecule has 1 aromatic heterocycles. The van der Waals surface area contributed by atoms with Gasteiger partial charge >= 0.3 is 0 Å². The van der Waals surface area contributed by atoms with E-state index in [-0.39, 0.29) is 0 Å². The van der Waals surface area contributed by atoms with Gasteiger partial charge in [0.1, 0.15) is 0 Å². The third-order valence-corrected chi connectivity index (χ3v) is 2.36. The molecule has 0 aliphatic heterocycles. The highest BCUT2D eigenvalue weighted by atomic mass is 32.1. The molecule has 46 valence electrons. The molecule has 0 radical (unpaired) electrons. The van der Waals surface area contributed by atoms with Gasteiger partial charge in [0, 0.05) is 23.4 Å². The Morgan fingerprint density at radius 2 is 2.44 bits per heavy atom. The standard InChI is InChI=1S/C6H6N2S/c7-4-1-5-6(2-4)9-3-8-5/h3,7H,1-2H2. The van der Waals surface area contributed by atoms with Gasteiger partial charge in [0.15, 0.2) is 0 Å². The van der Waals surface area contributed by atoms with Gasteiger partial charge in [-0.3, -0.25) is 0 Å². The fourth-order valence-corrected chi connectivity index (χ4v) is 1.87. The molecule has 1 aliphatic rings. The van der Waals surface area contributed by atoms with E-state index in [1.54, 1.807) is 11.3 Å². The summed E-state index contributed by atoms with van der Waals surface area (Å²) in [6, 6.07) is 0. The lowest BCUT2D eigenvalue weighted by Gasteiger charge is -1.81. The first-order valence-corrected chi connectivity index (χ1v) is 3.72. The van der Waals surface area contributed by atoms with Crippen LogP contribution in [0.2, 0.25) is 0 Å². The molecule has 0 bridgehead atoms. The molecule has 0 saturated carbocycles. The summed E-state index contributed by atoms with van der Waals surface area (Å²) in [6.07, 6.45) is 1.64. The first-order chi connectivity index (χ1) is 4.36. The van der Waals surface area contributed by atoms with Crippen LogP contribution in [0.4, 0.5) is 0 Å². The Labute approximate surface area is 57.1 Å². The molecule has 3 heteroatoms. The lowest BCUT2D eigenvalue weighted by atomic mass is 10.3. The van der Waals surface area contributed by atoms with Crippen LogP contribution < -0.4 is 0 Å². The van der Waals surface area contributed by atoms with Crippen molar-refractivity contribution in [1.82, 2.24) is 4.98 Å². The monoisotopic (exact) mass is 138 g/mol. The number of fused-ring (bicyclic) bond motifs is 1. The van der Waals surface area contributed by atoms with Crippen LogP contribution in [-0.2, 0) is 12.8 Å². The van der Waals surface area contributed by atoms with Crippen LogP contribution in [0.1, 0.15) is 10.6 Å². The maximum absolute atomic E-state index is 7.32. The minimum absolute atomic E-state index is 0.791. The van der Waals surface area contributed by atoms with Crippen molar-refractivity contribution in [2.24, 2.45) is 0 Å². The lowest BCUT2D eigenvalue weighted by molar-refractivity contribution is 1.20. The largest absolute Gasteiger partial charge is 0.309 e. The average molecular weight is 138 g/mol. The second-order valence-corrected chi connectivity index (χ2v) is 3.12. The van der Waals surface area contributed by atoms with Gasteiger partial charge in [-0.15, -0.1) is 11.3 Å². The fourth-order valence-electron chi connectivity index (χ4n) is 1.04. The molecule has 2 nitrogen and oxygen atoms in total. The van der Waals surface area contributed by atoms with E-state index in [1.807, 2.05) is 5.51 Å². The molecule has 0 saturated heterocycles. The maximum Gasteiger partial charge on any atom is 0.0797 e. The summed E-state index contributed by atoms with van der Waals surface area (Å²) in [5.41, 5.74) is 3.80. The molecule has 9 heavy (non-hydrogen) atoms. The molecule has 0 aromatic carbocycles. The maximum atomic E-state index is 7.32. The summed E-state index contributed by atoms with van der Waals surface area (Å²) in [4.78, 5) is 5.42. The van der Waals surface area contributed by atoms with Crippen LogP contribution in [0.5, 0.6) is 0 Å². The van der Waals surface area contributed by atoms with E-state index >= 15 is 0 Å². The highest BCUT2D eigenvalue weighted by Gasteiger charge is 2.17. The van der Waals surface area contributed by atoms with E-state index < -0.39 is 0 Å². The zero-order valence-electron chi connectivity index (χ0n) is 4.85. The van der Waals surface area contributed by atoms with Crippen molar-refractivity contribution in [3.8, 4) is 0 Å². The van der Waals surface area contributed by atoms with Crippen LogP contribution >= 0.6 is 11.3 Å². The number of nitrogens with one attached hydrogen (secondary N) is 1. The Hall–Kier alpha value is -0.700. The summed E-state index contributed by atoms with van der Waals surface area (Å²) >= 11 is 1.66. The Bertz CT molecular complexity index is 229. The number of hydrogen-bond donors (Lipinski definition) is 1. The highest BCUT2D eigenvalue weighted by Crippen LogP contribution is 2.21. The van der Waals surface area contributed by atoms with E-state index in [4.69, 9.17) is 5.41 Å². The minimum Gasteiger partial charge on any atom is -0.309 e. The molecule has 2 rings (SSSR count). The van der Waals surface area contributed by atoms with Crippen LogP contribution in [0, 0.1) is 5.41 Å². The second-order valence-electron chi connectivity index (χ2n) is 2.18. The van der Waals surface area contributed by atoms with Crippen molar-refractivity contribution >= 4 is 17.0 Å². The summed E-state index contributed by atoms with van der Waals surface area (Å²) in [6.45, 7) is 0. The van der Waals surface area contributed by atoms with Gasteiger partial charge in [-0.2, -0.15) is 0 Å². The van der Waals surface area contributed by atoms with Crippen molar-refractivity contribution in [1.29, 1.82) is 5.41 Å². The van der Waals surface area contributed by atoms with E-state index in [0.29, 0.717) is 0 Å². The fraction of sp³-hybridized carbons (Fsp3) is 0.333. The van der Waals surface area contributed by atoms with Gasteiger partial charge in [-0.05, 0) is 0 Å². The molecule has 0 amide bonds. The molecule has 1 aliphatic carbocycles. The quantitative estimate of drug-likeness (QED) is 0.575. The number of thiazole rings is 1. The molecule has 1 aromatic rings. The topological polar surface area (TPSA) is 36.7 Å². The summed E-state index contributed by atoms with van der Waals surface area (Å²) in [7, 11) is 0. The minimum atomic E-state index is 0.791. The van der Waals surface area contributed by atoms with Gasteiger partial charge in [-0.1, -0.05) is 0 Å². The predicted molar refractivity (Wildman–Crippen MR) is 37.2 cm³/mol. The van der Waals surface area contributed by atoms with E-state index in [1.165, 1.54) is 4.88 Å². The zero-order valence-corrected chi connectivity index (χ0v) is 5.66. The lowest BCUT2D eigenvalue weighted by Crippen LogP contribution is -1.92. The van der Waals surface area contributed by atoms with Crippen molar-refractivity contribution in [3.05, 3.63) is 16.1 Å². The van der Waals surface area contributed by atoms with E-state index in [0.717, 1.165) is 24.2 Å². The molecular formula is C6H6N2S. The zero-order chi connectivity index (χ0) is 6.27. The highest BCUT2D eigenvalue weighted by molar-refractivity contribution is 7.10. The third-order valence-electron chi connectivity index (χ3n) is 1.48. The summed E-state index contributed by atoms with van der Waals surface area (Å²) < 4.78 is 0. The first-order valence-electron chi connectivity index (χ1n) is 2.84. The van der Waals surface area contributed by atoms with Gasteiger partial charge in [-0.25, -0.2) is 4.98 Å². The number of aromatic nitrogens is 1. The molecule has 0 atom stereocenters. The van der Waals surface area contributed by atoms with E-state index in [2.05, 4.69) is 4.98 Å². The number of hydrogen-bond acceptors (Lipinski definition) is 3.